The zero-order valence-corrected chi connectivity index (χ0v) is 9.46. The molecule has 1 aliphatic rings. The highest BCUT2D eigenvalue weighted by atomic mass is 16.4. The molecule has 2 rings (SSSR count). The van der Waals surface area contributed by atoms with Crippen LogP contribution in [0.1, 0.15) is 25.1 Å². The molecule has 0 saturated carbocycles. The summed E-state index contributed by atoms with van der Waals surface area (Å²) in [5.41, 5.74) is 1.06. The molecule has 0 fully saturated rings. The minimum absolute atomic E-state index is 0.220. The first kappa shape index (κ1) is 11.7. The Kier molecular flexibility index (Phi) is 3.81. The van der Waals surface area contributed by atoms with Crippen molar-refractivity contribution in [3.63, 3.8) is 0 Å². The molecule has 2 heterocycles. The minimum atomic E-state index is -0.740. The fraction of sp³-hybridized carbons (Fsp3) is 0.600. The molecule has 2 N–H and O–H groups in total. The minimum Gasteiger partial charge on any atom is -0.481 e. The molecule has 0 unspecified atom stereocenters. The van der Waals surface area contributed by atoms with Crippen molar-refractivity contribution in [2.24, 2.45) is 0 Å². The van der Waals surface area contributed by atoms with Crippen LogP contribution in [0, 0.1) is 0 Å². The predicted octanol–water partition coefficient (Wildman–Crippen LogP) is 0.154. The number of aliphatic carboxylic acids is 1. The smallest absolute Gasteiger partial charge is 0.303 e. The fourth-order valence-corrected chi connectivity index (χ4v) is 1.91. The standard InChI is InChI=1S/C10H15N5O2/c16-9(17)4-2-6-15-5-1-3-8(7-15)10-11-13-14-12-10/h3H,1-2,4-7H2,(H,16,17)(H,11,12,13,14). The maximum Gasteiger partial charge on any atom is 0.303 e. The summed E-state index contributed by atoms with van der Waals surface area (Å²) >= 11 is 0. The van der Waals surface area contributed by atoms with Crippen molar-refractivity contribution < 1.29 is 9.90 Å². The topological polar surface area (TPSA) is 95.0 Å². The quantitative estimate of drug-likeness (QED) is 0.757. The average molecular weight is 237 g/mol. The SMILES string of the molecule is O=C(O)CCCN1CCC=C(c2nn[nH]n2)C1. The van der Waals surface area contributed by atoms with Crippen molar-refractivity contribution >= 4 is 11.5 Å². The Labute approximate surface area is 98.5 Å². The number of rotatable bonds is 5. The van der Waals surface area contributed by atoms with Gasteiger partial charge < -0.3 is 5.11 Å². The molecule has 7 nitrogen and oxygen atoms in total. The number of nitrogens with one attached hydrogen (secondary N) is 1. The number of nitrogens with zero attached hydrogens (tertiary/aromatic N) is 4. The van der Waals surface area contributed by atoms with Gasteiger partial charge in [-0.25, -0.2) is 0 Å². The lowest BCUT2D eigenvalue weighted by Crippen LogP contribution is -2.31. The first-order valence-electron chi connectivity index (χ1n) is 5.62. The van der Waals surface area contributed by atoms with E-state index in [0.717, 1.165) is 31.6 Å². The maximum absolute atomic E-state index is 10.4. The first-order chi connectivity index (χ1) is 8.25. The third-order valence-corrected chi connectivity index (χ3v) is 2.73. The van der Waals surface area contributed by atoms with E-state index in [0.29, 0.717) is 12.2 Å². The van der Waals surface area contributed by atoms with E-state index in [4.69, 9.17) is 5.11 Å². The van der Waals surface area contributed by atoms with E-state index in [2.05, 4.69) is 31.6 Å². The Morgan fingerprint density at radius 1 is 1.59 bits per heavy atom. The van der Waals surface area contributed by atoms with E-state index in [1.807, 2.05) is 0 Å². The van der Waals surface area contributed by atoms with Crippen molar-refractivity contribution in [3.8, 4) is 0 Å². The second-order valence-electron chi connectivity index (χ2n) is 4.03. The number of aromatic amines is 1. The van der Waals surface area contributed by atoms with Gasteiger partial charge in [-0.05, 0) is 24.6 Å². The Morgan fingerprint density at radius 2 is 2.47 bits per heavy atom. The largest absolute Gasteiger partial charge is 0.481 e. The molecule has 0 atom stereocenters. The predicted molar refractivity (Wildman–Crippen MR) is 60.1 cm³/mol. The van der Waals surface area contributed by atoms with Gasteiger partial charge in [0.25, 0.3) is 0 Å². The summed E-state index contributed by atoms with van der Waals surface area (Å²) in [5.74, 6) is -0.108. The van der Waals surface area contributed by atoms with Crippen LogP contribution < -0.4 is 0 Å². The summed E-state index contributed by atoms with van der Waals surface area (Å²) in [5, 5.41) is 22.4. The number of carboxylic acid groups (broad SMARTS) is 1. The first-order valence-corrected chi connectivity index (χ1v) is 5.62. The summed E-state index contributed by atoms with van der Waals surface area (Å²) in [6.07, 6.45) is 3.95. The highest BCUT2D eigenvalue weighted by molar-refractivity contribution is 5.66. The van der Waals surface area contributed by atoms with Gasteiger partial charge in [0.15, 0.2) is 0 Å². The summed E-state index contributed by atoms with van der Waals surface area (Å²) in [6, 6.07) is 0. The molecule has 7 heteroatoms. The van der Waals surface area contributed by atoms with Gasteiger partial charge in [0, 0.05) is 25.1 Å². The van der Waals surface area contributed by atoms with Crippen LogP contribution in [0.5, 0.6) is 0 Å². The monoisotopic (exact) mass is 237 g/mol. The molecule has 0 spiro atoms. The van der Waals surface area contributed by atoms with Gasteiger partial charge in [0.05, 0.1) is 0 Å². The van der Waals surface area contributed by atoms with Crippen molar-refractivity contribution in [1.82, 2.24) is 25.5 Å². The van der Waals surface area contributed by atoms with Gasteiger partial charge in [-0.1, -0.05) is 6.08 Å². The van der Waals surface area contributed by atoms with Gasteiger partial charge in [-0.15, -0.1) is 10.2 Å². The van der Waals surface area contributed by atoms with Crippen LogP contribution in [0.15, 0.2) is 6.08 Å². The second kappa shape index (κ2) is 5.53. The highest BCUT2D eigenvalue weighted by Gasteiger charge is 2.16. The van der Waals surface area contributed by atoms with Crippen LogP contribution >= 0.6 is 0 Å². The Balaban J connectivity index is 1.84. The molecular formula is C10H15N5O2. The summed E-state index contributed by atoms with van der Waals surface area (Å²) in [4.78, 5) is 12.6. The van der Waals surface area contributed by atoms with Crippen molar-refractivity contribution in [2.75, 3.05) is 19.6 Å². The van der Waals surface area contributed by atoms with Crippen LogP contribution in [-0.4, -0.2) is 56.2 Å². The molecule has 92 valence electrons. The third-order valence-electron chi connectivity index (χ3n) is 2.73. The zero-order valence-electron chi connectivity index (χ0n) is 9.46. The summed E-state index contributed by atoms with van der Waals surface area (Å²) < 4.78 is 0. The normalized spacial score (nSPS) is 16.8. The lowest BCUT2D eigenvalue weighted by atomic mass is 10.1. The molecule has 0 bridgehead atoms. The molecule has 0 radical (unpaired) electrons. The lowest BCUT2D eigenvalue weighted by Gasteiger charge is -2.25. The van der Waals surface area contributed by atoms with Crippen LogP contribution in [0.25, 0.3) is 5.57 Å². The number of tetrazole rings is 1. The van der Waals surface area contributed by atoms with Crippen molar-refractivity contribution in [1.29, 1.82) is 0 Å². The van der Waals surface area contributed by atoms with Gasteiger partial charge >= 0.3 is 5.97 Å². The molecule has 0 saturated heterocycles. The molecule has 1 aromatic heterocycles. The molecule has 1 aromatic rings. The second-order valence-corrected chi connectivity index (χ2v) is 4.03. The molecule has 1 aliphatic heterocycles. The van der Waals surface area contributed by atoms with E-state index in [1.54, 1.807) is 0 Å². The van der Waals surface area contributed by atoms with Crippen LogP contribution in [0.3, 0.4) is 0 Å². The summed E-state index contributed by atoms with van der Waals surface area (Å²) in [6.45, 7) is 2.52. The lowest BCUT2D eigenvalue weighted by molar-refractivity contribution is -0.137. The molecular weight excluding hydrogens is 222 g/mol. The fourth-order valence-electron chi connectivity index (χ4n) is 1.91. The van der Waals surface area contributed by atoms with E-state index >= 15 is 0 Å². The molecule has 0 aromatic carbocycles. The van der Waals surface area contributed by atoms with Crippen molar-refractivity contribution in [2.45, 2.75) is 19.3 Å². The van der Waals surface area contributed by atoms with Gasteiger partial charge in [-0.3, -0.25) is 9.69 Å². The van der Waals surface area contributed by atoms with Gasteiger partial charge in [-0.2, -0.15) is 5.21 Å². The van der Waals surface area contributed by atoms with E-state index in [1.165, 1.54) is 0 Å². The number of aromatic nitrogens is 4. The zero-order chi connectivity index (χ0) is 12.1. The molecule has 0 amide bonds. The summed E-state index contributed by atoms with van der Waals surface area (Å²) in [7, 11) is 0. The maximum atomic E-state index is 10.4. The van der Waals surface area contributed by atoms with E-state index in [9.17, 15) is 4.79 Å². The number of carbonyl (C=O) groups is 1. The van der Waals surface area contributed by atoms with Gasteiger partial charge in [0.2, 0.25) is 5.82 Å². The number of hydrogen-bond acceptors (Lipinski definition) is 5. The van der Waals surface area contributed by atoms with Crippen LogP contribution in [0.2, 0.25) is 0 Å². The Bertz CT molecular complexity index is 401. The number of hydrogen-bond donors (Lipinski definition) is 2. The Hall–Kier alpha value is -1.76. The average Bonchev–Trinajstić information content (AvgIpc) is 2.82. The van der Waals surface area contributed by atoms with Crippen molar-refractivity contribution in [3.05, 3.63) is 11.9 Å². The van der Waals surface area contributed by atoms with E-state index < -0.39 is 5.97 Å². The highest BCUT2D eigenvalue weighted by Crippen LogP contribution is 2.16. The number of carboxylic acids is 1. The Morgan fingerprint density at radius 3 is 3.18 bits per heavy atom. The van der Waals surface area contributed by atoms with Gasteiger partial charge in [0.1, 0.15) is 0 Å². The molecule has 17 heavy (non-hydrogen) atoms. The molecule has 0 aliphatic carbocycles. The van der Waals surface area contributed by atoms with Crippen LogP contribution in [-0.2, 0) is 4.79 Å². The van der Waals surface area contributed by atoms with E-state index in [-0.39, 0.29) is 6.42 Å². The number of H-pyrrole nitrogens is 1. The van der Waals surface area contributed by atoms with Crippen LogP contribution in [0.4, 0.5) is 0 Å². The third kappa shape index (κ3) is 3.35.